The summed E-state index contributed by atoms with van der Waals surface area (Å²) in [5.41, 5.74) is 8.29. The number of fused-ring (bicyclic) bond motifs is 6. The lowest BCUT2D eigenvalue weighted by molar-refractivity contribution is 0.609. The molecule has 0 fully saturated rings. The second-order valence-electron chi connectivity index (χ2n) is 11.8. The molecule has 1 heterocycles. The maximum absolute atomic E-state index is 5.31. The third kappa shape index (κ3) is 4.60. The predicted octanol–water partition coefficient (Wildman–Crippen LogP) is 10.3. The van der Waals surface area contributed by atoms with Gasteiger partial charge in [-0.3, -0.25) is 0 Å². The number of aromatic nitrogens is 2. The molecule has 5 aromatic carbocycles. The lowest BCUT2D eigenvalue weighted by atomic mass is 9.82. The molecule has 0 N–H and O–H groups in total. The average molecular weight is 553 g/mol. The molecule has 2 heteroatoms. The van der Waals surface area contributed by atoms with E-state index in [-0.39, 0.29) is 11.8 Å². The van der Waals surface area contributed by atoms with Gasteiger partial charge in [-0.05, 0) is 68.3 Å². The molecule has 0 radical (unpaired) electrons. The van der Waals surface area contributed by atoms with Crippen LogP contribution in [0.1, 0.15) is 41.4 Å². The van der Waals surface area contributed by atoms with Crippen LogP contribution in [0.2, 0.25) is 0 Å². The lowest BCUT2D eigenvalue weighted by Gasteiger charge is -2.25. The van der Waals surface area contributed by atoms with E-state index >= 15 is 0 Å². The van der Waals surface area contributed by atoms with E-state index in [2.05, 4.69) is 153 Å². The van der Waals surface area contributed by atoms with Crippen LogP contribution < -0.4 is 0 Å². The molecule has 1 aromatic heterocycles. The number of hydrogen-bond acceptors (Lipinski definition) is 2. The zero-order valence-electron chi connectivity index (χ0n) is 24.2. The number of benzene rings is 5. The monoisotopic (exact) mass is 552 g/mol. The van der Waals surface area contributed by atoms with Crippen LogP contribution in [0.3, 0.4) is 0 Å². The predicted molar refractivity (Wildman–Crippen MR) is 180 cm³/mol. The fraction of sp³-hybridized carbons (Fsp3) is 0.122. The molecule has 3 atom stereocenters. The van der Waals surface area contributed by atoms with Crippen LogP contribution in [0.25, 0.3) is 50.0 Å². The van der Waals surface area contributed by atoms with Gasteiger partial charge in [-0.15, -0.1) is 0 Å². The van der Waals surface area contributed by atoms with Crippen LogP contribution in [0.15, 0.2) is 140 Å². The van der Waals surface area contributed by atoms with Gasteiger partial charge in [-0.1, -0.05) is 140 Å². The van der Waals surface area contributed by atoms with E-state index < -0.39 is 0 Å². The minimum absolute atomic E-state index is 0.0893. The van der Waals surface area contributed by atoms with Crippen LogP contribution in [-0.4, -0.2) is 9.97 Å². The maximum atomic E-state index is 5.31. The first-order chi connectivity index (χ1) is 21.2. The third-order valence-electron chi connectivity index (χ3n) is 9.12. The van der Waals surface area contributed by atoms with E-state index in [0.29, 0.717) is 5.92 Å². The van der Waals surface area contributed by atoms with Crippen molar-refractivity contribution in [2.45, 2.75) is 25.2 Å². The number of allylic oxidation sites excluding steroid dienone is 5. The van der Waals surface area contributed by atoms with Crippen LogP contribution in [0.5, 0.6) is 0 Å². The fourth-order valence-corrected chi connectivity index (χ4v) is 6.87. The van der Waals surface area contributed by atoms with Gasteiger partial charge in [0.25, 0.3) is 0 Å². The molecule has 8 rings (SSSR count). The largest absolute Gasteiger partial charge is 0.237 e. The van der Waals surface area contributed by atoms with Crippen LogP contribution in [0.4, 0.5) is 0 Å². The van der Waals surface area contributed by atoms with Crippen molar-refractivity contribution >= 4 is 27.6 Å². The molecule has 0 amide bonds. The number of nitrogens with zero attached hydrogens (tertiary/aromatic N) is 2. The number of hydrogen-bond donors (Lipinski definition) is 0. The molecule has 43 heavy (non-hydrogen) atoms. The summed E-state index contributed by atoms with van der Waals surface area (Å²) in [6.45, 7) is 2.27. The Bertz CT molecular complexity index is 2080. The molecule has 2 nitrogen and oxygen atoms in total. The Balaban J connectivity index is 1.27. The van der Waals surface area contributed by atoms with Gasteiger partial charge in [0.2, 0.25) is 0 Å². The molecular formula is C41H32N2. The standard InChI is InChI=1S/C41H32N2/c1-27-12-5-6-17-32(27)40-26-39(30-16-11-15-29(24-30)28-13-3-2-4-14-28)42-41(43-40)31-22-23-37-35-20-8-7-18-33(35)34-19-9-10-21-36(34)38(37)25-31/h2-24,26-27,31-32H,25H2,1H3. The number of rotatable bonds is 4. The summed E-state index contributed by atoms with van der Waals surface area (Å²) in [5.74, 6) is 1.57. The second-order valence-corrected chi connectivity index (χ2v) is 11.8. The van der Waals surface area contributed by atoms with Crippen molar-refractivity contribution in [1.29, 1.82) is 0 Å². The summed E-state index contributed by atoms with van der Waals surface area (Å²) >= 11 is 0. The Morgan fingerprint density at radius 1 is 0.581 bits per heavy atom. The summed E-state index contributed by atoms with van der Waals surface area (Å²) in [4.78, 5) is 10.6. The van der Waals surface area contributed by atoms with Gasteiger partial charge >= 0.3 is 0 Å². The van der Waals surface area contributed by atoms with Crippen molar-refractivity contribution < 1.29 is 0 Å². The van der Waals surface area contributed by atoms with Crippen molar-refractivity contribution in [3.63, 3.8) is 0 Å². The van der Waals surface area contributed by atoms with Gasteiger partial charge in [0.15, 0.2) is 0 Å². The molecule has 206 valence electrons. The van der Waals surface area contributed by atoms with Gasteiger partial charge in [-0.2, -0.15) is 0 Å². The van der Waals surface area contributed by atoms with Crippen LogP contribution in [-0.2, 0) is 6.42 Å². The van der Waals surface area contributed by atoms with E-state index in [0.717, 1.165) is 29.2 Å². The zero-order valence-corrected chi connectivity index (χ0v) is 24.2. The summed E-state index contributed by atoms with van der Waals surface area (Å²) in [6, 6.07) is 39.1. The molecule has 3 unspecified atom stereocenters. The van der Waals surface area contributed by atoms with Crippen molar-refractivity contribution in [3.8, 4) is 22.4 Å². The molecule has 0 saturated carbocycles. The fourth-order valence-electron chi connectivity index (χ4n) is 6.87. The van der Waals surface area contributed by atoms with E-state index in [1.807, 2.05) is 0 Å². The van der Waals surface area contributed by atoms with Gasteiger partial charge in [0.1, 0.15) is 5.82 Å². The second kappa shape index (κ2) is 10.6. The SMILES string of the molecule is CC1C=CC=CC1c1cc(-c2cccc(-c3ccccc3)c2)nc(C2C=Cc3c(c4ccccc4c4ccccc34)C2)n1. The highest BCUT2D eigenvalue weighted by molar-refractivity contribution is 6.13. The molecule has 0 aliphatic heterocycles. The minimum Gasteiger partial charge on any atom is -0.237 e. The molecule has 0 spiro atoms. The lowest BCUT2D eigenvalue weighted by Crippen LogP contribution is -2.15. The topological polar surface area (TPSA) is 25.8 Å². The van der Waals surface area contributed by atoms with Crippen molar-refractivity contribution in [1.82, 2.24) is 9.97 Å². The molecule has 2 aliphatic rings. The van der Waals surface area contributed by atoms with Gasteiger partial charge in [0, 0.05) is 17.4 Å². The highest BCUT2D eigenvalue weighted by atomic mass is 14.9. The van der Waals surface area contributed by atoms with E-state index in [9.17, 15) is 0 Å². The van der Waals surface area contributed by atoms with Crippen LogP contribution >= 0.6 is 0 Å². The van der Waals surface area contributed by atoms with Gasteiger partial charge in [-0.25, -0.2) is 9.97 Å². The normalized spacial score (nSPS) is 19.1. The first-order valence-electron chi connectivity index (χ1n) is 15.2. The summed E-state index contributed by atoms with van der Waals surface area (Å²) in [5, 5.41) is 5.26. The molecular weight excluding hydrogens is 520 g/mol. The van der Waals surface area contributed by atoms with E-state index in [1.165, 1.54) is 43.8 Å². The van der Waals surface area contributed by atoms with Gasteiger partial charge < -0.3 is 0 Å². The maximum Gasteiger partial charge on any atom is 0.136 e. The first-order valence-corrected chi connectivity index (χ1v) is 15.2. The highest BCUT2D eigenvalue weighted by Gasteiger charge is 2.26. The van der Waals surface area contributed by atoms with E-state index in [4.69, 9.17) is 9.97 Å². The van der Waals surface area contributed by atoms with Gasteiger partial charge in [0.05, 0.1) is 11.4 Å². The molecule has 0 bridgehead atoms. The smallest absolute Gasteiger partial charge is 0.136 e. The Morgan fingerprint density at radius 3 is 2.07 bits per heavy atom. The molecule has 2 aliphatic carbocycles. The molecule has 6 aromatic rings. The summed E-state index contributed by atoms with van der Waals surface area (Å²) in [6.07, 6.45) is 14.4. The zero-order chi connectivity index (χ0) is 28.8. The van der Waals surface area contributed by atoms with Crippen molar-refractivity contribution in [2.75, 3.05) is 0 Å². The molecule has 0 saturated heterocycles. The Hall–Kier alpha value is -5.08. The quantitative estimate of drug-likeness (QED) is 0.203. The third-order valence-corrected chi connectivity index (χ3v) is 9.12. The van der Waals surface area contributed by atoms with Crippen LogP contribution in [0, 0.1) is 5.92 Å². The first kappa shape index (κ1) is 25.6. The summed E-state index contributed by atoms with van der Waals surface area (Å²) < 4.78 is 0. The van der Waals surface area contributed by atoms with Crippen molar-refractivity contribution in [3.05, 3.63) is 162 Å². The van der Waals surface area contributed by atoms with Crippen molar-refractivity contribution in [2.24, 2.45) is 5.92 Å². The average Bonchev–Trinajstić information content (AvgIpc) is 3.08. The Labute approximate surface area is 252 Å². The Kier molecular flexibility index (Phi) is 6.34. The highest BCUT2D eigenvalue weighted by Crippen LogP contribution is 2.40. The Morgan fingerprint density at radius 2 is 1.26 bits per heavy atom. The van der Waals surface area contributed by atoms with E-state index in [1.54, 1.807) is 0 Å². The summed E-state index contributed by atoms with van der Waals surface area (Å²) in [7, 11) is 0. The minimum atomic E-state index is 0.0893.